The molecular formula is C3H10NNaO5. The summed E-state index contributed by atoms with van der Waals surface area (Å²) in [5.41, 5.74) is 0. The largest absolute Gasteiger partial charge is 1.00 e. The van der Waals surface area contributed by atoms with Gasteiger partial charge in [-0.2, -0.15) is 0 Å². The molecule has 0 aliphatic rings. The van der Waals surface area contributed by atoms with Gasteiger partial charge in [-0.25, -0.2) is 4.79 Å². The van der Waals surface area contributed by atoms with Crippen LogP contribution < -0.4 is 35.7 Å². The molecular weight excluding hydrogens is 153 g/mol. The maximum atomic E-state index is 9.00. The van der Waals surface area contributed by atoms with E-state index in [1.807, 2.05) is 0 Å². The van der Waals surface area contributed by atoms with Crippen molar-refractivity contribution in [1.29, 1.82) is 0 Å². The van der Waals surface area contributed by atoms with Gasteiger partial charge < -0.3 is 22.9 Å². The average molecular weight is 163 g/mol. The Hall–Kier alpha value is -0.300. The molecule has 0 saturated carbocycles. The molecule has 0 amide bonds. The van der Waals surface area contributed by atoms with E-state index >= 15 is 0 Å². The summed E-state index contributed by atoms with van der Waals surface area (Å²) in [6.07, 6.45) is -1.83. The van der Waals surface area contributed by atoms with Crippen LogP contribution in [0.5, 0.6) is 0 Å². The van der Waals surface area contributed by atoms with E-state index < -0.39 is 12.1 Å². The molecule has 0 fully saturated rings. The normalized spacial score (nSPS) is 4.90. The van der Waals surface area contributed by atoms with Crippen molar-refractivity contribution >= 4 is 12.1 Å². The number of hydrogen-bond donors (Lipinski definition) is 4. The first-order chi connectivity index (χ1) is 3.46. The third-order valence-electron chi connectivity index (χ3n) is 0. The van der Waals surface area contributed by atoms with Crippen LogP contribution in [0.15, 0.2) is 0 Å². The standard InChI is InChI=1S/C2H4O2.CH2O3.H3N.Na.H/c1-2(3)4;2-1(3)4;;;/h1H3,(H,3,4);(H2,2,3,4);1H3;;/q;;;+1;-1. The molecule has 0 aromatic rings. The van der Waals surface area contributed by atoms with E-state index in [2.05, 4.69) is 0 Å². The fraction of sp³-hybridized carbons (Fsp3) is 0.333. The summed E-state index contributed by atoms with van der Waals surface area (Å²) in [7, 11) is 0. The summed E-state index contributed by atoms with van der Waals surface area (Å²) in [6.45, 7) is 1.08. The quantitative estimate of drug-likeness (QED) is 0.294. The Bertz CT molecular complexity index is 79.7. The molecule has 0 atom stereocenters. The van der Waals surface area contributed by atoms with Crippen molar-refractivity contribution in [3.05, 3.63) is 0 Å². The van der Waals surface area contributed by atoms with E-state index in [1.54, 1.807) is 0 Å². The van der Waals surface area contributed by atoms with Gasteiger partial charge in [-0.05, 0) is 0 Å². The van der Waals surface area contributed by atoms with Crippen LogP contribution in [-0.4, -0.2) is 27.4 Å². The average Bonchev–Trinajstić information content (AvgIpc) is 1.25. The smallest absolute Gasteiger partial charge is 1.00 e. The first kappa shape index (κ1) is 22.6. The van der Waals surface area contributed by atoms with Gasteiger partial charge in [0.25, 0.3) is 5.97 Å². The molecule has 10 heavy (non-hydrogen) atoms. The Morgan fingerprint density at radius 1 is 1.20 bits per heavy atom. The second kappa shape index (κ2) is 15.9. The van der Waals surface area contributed by atoms with Gasteiger partial charge in [-0.1, -0.05) is 0 Å². The molecule has 0 aromatic heterocycles. The molecule has 6 nitrogen and oxygen atoms in total. The zero-order chi connectivity index (χ0) is 7.15. The predicted molar refractivity (Wildman–Crippen MR) is 30.1 cm³/mol. The van der Waals surface area contributed by atoms with Crippen molar-refractivity contribution in [3.8, 4) is 0 Å². The molecule has 0 bridgehead atoms. The molecule has 6 N–H and O–H groups in total. The van der Waals surface area contributed by atoms with Crippen molar-refractivity contribution in [2.24, 2.45) is 0 Å². The zero-order valence-corrected chi connectivity index (χ0v) is 7.87. The maximum absolute atomic E-state index is 9.00. The number of hydrogen-bond acceptors (Lipinski definition) is 3. The molecule has 0 aromatic carbocycles. The van der Waals surface area contributed by atoms with E-state index in [0.29, 0.717) is 0 Å². The van der Waals surface area contributed by atoms with Gasteiger partial charge in [0.15, 0.2) is 0 Å². The van der Waals surface area contributed by atoms with Crippen LogP contribution in [0.3, 0.4) is 0 Å². The van der Waals surface area contributed by atoms with E-state index in [4.69, 9.17) is 24.9 Å². The van der Waals surface area contributed by atoms with Gasteiger partial charge in [-0.3, -0.25) is 4.79 Å². The Morgan fingerprint density at radius 2 is 1.20 bits per heavy atom. The van der Waals surface area contributed by atoms with Crippen molar-refractivity contribution in [3.63, 3.8) is 0 Å². The Labute approximate surface area is 81.2 Å². The molecule has 0 radical (unpaired) electrons. The molecule has 0 heterocycles. The summed E-state index contributed by atoms with van der Waals surface area (Å²) in [6, 6.07) is 0. The van der Waals surface area contributed by atoms with Crippen LogP contribution in [0.4, 0.5) is 4.79 Å². The van der Waals surface area contributed by atoms with Crippen LogP contribution >= 0.6 is 0 Å². The topological polar surface area (TPSA) is 130 Å². The van der Waals surface area contributed by atoms with Gasteiger partial charge in [-0.15, -0.1) is 0 Å². The number of carboxylic acid groups (broad SMARTS) is 3. The third kappa shape index (κ3) is 3840. The summed E-state index contributed by atoms with van der Waals surface area (Å²) < 4.78 is 0. The Balaban J connectivity index is -0.0000000171. The molecule has 0 saturated heterocycles. The summed E-state index contributed by atoms with van der Waals surface area (Å²) in [4.78, 5) is 17.6. The number of aliphatic carboxylic acids is 1. The number of rotatable bonds is 0. The van der Waals surface area contributed by atoms with E-state index in [0.717, 1.165) is 6.92 Å². The molecule has 58 valence electrons. The van der Waals surface area contributed by atoms with Crippen molar-refractivity contribution < 1.29 is 55.9 Å². The van der Waals surface area contributed by atoms with Crippen LogP contribution in [0.1, 0.15) is 8.35 Å². The van der Waals surface area contributed by atoms with Crippen LogP contribution in [0, 0.1) is 0 Å². The third-order valence-corrected chi connectivity index (χ3v) is 0. The monoisotopic (exact) mass is 163 g/mol. The summed E-state index contributed by atoms with van der Waals surface area (Å²) in [5, 5.41) is 21.4. The van der Waals surface area contributed by atoms with Crippen molar-refractivity contribution in [2.45, 2.75) is 6.92 Å². The van der Waals surface area contributed by atoms with Crippen molar-refractivity contribution in [2.75, 3.05) is 0 Å². The molecule has 0 aliphatic heterocycles. The van der Waals surface area contributed by atoms with Crippen LogP contribution in [0.25, 0.3) is 0 Å². The first-order valence-corrected chi connectivity index (χ1v) is 1.58. The minimum atomic E-state index is -1.83. The van der Waals surface area contributed by atoms with E-state index in [1.165, 1.54) is 0 Å². The molecule has 7 heteroatoms. The van der Waals surface area contributed by atoms with E-state index in [-0.39, 0.29) is 37.1 Å². The number of carboxylic acids is 1. The summed E-state index contributed by atoms with van der Waals surface area (Å²) >= 11 is 0. The first-order valence-electron chi connectivity index (χ1n) is 1.58. The second-order valence-corrected chi connectivity index (χ2v) is 0.802. The minimum Gasteiger partial charge on any atom is -1.00 e. The zero-order valence-electron chi connectivity index (χ0n) is 6.87. The van der Waals surface area contributed by atoms with Gasteiger partial charge in [0, 0.05) is 6.92 Å². The fourth-order valence-corrected chi connectivity index (χ4v) is 0. The SMILES string of the molecule is CC(=O)O.N.O=C(O)O.[H-].[Na+]. The molecule has 0 unspecified atom stereocenters. The Morgan fingerprint density at radius 3 is 1.20 bits per heavy atom. The van der Waals surface area contributed by atoms with Gasteiger partial charge in [0.05, 0.1) is 0 Å². The van der Waals surface area contributed by atoms with Gasteiger partial charge >= 0.3 is 35.7 Å². The predicted octanol–water partition coefficient (Wildman–Crippen LogP) is -2.41. The second-order valence-electron chi connectivity index (χ2n) is 0.802. The molecule has 0 rings (SSSR count). The summed E-state index contributed by atoms with van der Waals surface area (Å²) in [5.74, 6) is -0.833. The number of carbonyl (C=O) groups is 2. The molecule has 0 aliphatic carbocycles. The minimum absolute atomic E-state index is 0. The van der Waals surface area contributed by atoms with E-state index in [9.17, 15) is 0 Å². The van der Waals surface area contributed by atoms with Crippen LogP contribution in [-0.2, 0) is 4.79 Å². The fourth-order valence-electron chi connectivity index (χ4n) is 0. The van der Waals surface area contributed by atoms with Gasteiger partial charge in [0.2, 0.25) is 0 Å². The molecule has 0 spiro atoms. The Kier molecular flexibility index (Phi) is 35.9. The van der Waals surface area contributed by atoms with Gasteiger partial charge in [0.1, 0.15) is 0 Å². The van der Waals surface area contributed by atoms with Crippen molar-refractivity contribution in [1.82, 2.24) is 6.15 Å². The maximum Gasteiger partial charge on any atom is 1.00 e. The van der Waals surface area contributed by atoms with Crippen LogP contribution in [0.2, 0.25) is 0 Å².